The average molecular weight is 416 g/mol. The molecule has 8 heteroatoms. The summed E-state index contributed by atoms with van der Waals surface area (Å²) in [6.07, 6.45) is -0.901. The van der Waals surface area contributed by atoms with Crippen LogP contribution in [0.2, 0.25) is 0 Å². The molecule has 2 aliphatic rings. The molecule has 152 valence electrons. The normalized spacial score (nSPS) is 25.2. The number of esters is 1. The molecule has 2 aliphatic heterocycles. The third-order valence-electron chi connectivity index (χ3n) is 4.76. The van der Waals surface area contributed by atoms with Crippen LogP contribution < -0.4 is 4.18 Å². The van der Waals surface area contributed by atoms with E-state index in [-0.39, 0.29) is 18.6 Å². The Balaban J connectivity index is 1.35. The first kappa shape index (κ1) is 19.8. The molecule has 2 fully saturated rings. The molecule has 4 atom stereocenters. The maximum atomic E-state index is 12.3. The van der Waals surface area contributed by atoms with E-state index in [0.29, 0.717) is 36.4 Å². The van der Waals surface area contributed by atoms with Crippen molar-refractivity contribution in [3.63, 3.8) is 0 Å². The average Bonchev–Trinajstić information content (AvgIpc) is 3.00. The summed E-state index contributed by atoms with van der Waals surface area (Å²) in [5.41, 5.74) is 0.464. The van der Waals surface area contributed by atoms with Crippen LogP contribution in [-0.4, -0.2) is 43.0 Å². The highest BCUT2D eigenvalue weighted by Gasteiger charge is 2.50. The Bertz CT molecular complexity index is 829. The summed E-state index contributed by atoms with van der Waals surface area (Å²) in [6, 6.07) is 17.7. The predicted octanol–water partition coefficient (Wildman–Crippen LogP) is 3.84. The van der Waals surface area contributed by atoms with Crippen molar-refractivity contribution in [3.8, 4) is 5.75 Å². The molecule has 2 heterocycles. The van der Waals surface area contributed by atoms with Gasteiger partial charge in [-0.05, 0) is 30.7 Å². The van der Waals surface area contributed by atoms with Crippen LogP contribution in [0.4, 0.5) is 4.79 Å². The van der Waals surface area contributed by atoms with Crippen LogP contribution in [0, 0.1) is 5.92 Å². The number of rotatable bonds is 6. The number of ether oxygens (including phenoxy) is 4. The van der Waals surface area contributed by atoms with Crippen molar-refractivity contribution >= 4 is 23.3 Å². The van der Waals surface area contributed by atoms with Crippen LogP contribution in [0.3, 0.4) is 0 Å². The van der Waals surface area contributed by atoms with E-state index in [9.17, 15) is 9.59 Å². The molecule has 0 spiro atoms. The Hall–Kier alpha value is -2.55. The van der Waals surface area contributed by atoms with Gasteiger partial charge in [0.15, 0.2) is 24.4 Å². The summed E-state index contributed by atoms with van der Waals surface area (Å²) >= 11 is 0.594. The van der Waals surface area contributed by atoms with Crippen LogP contribution >= 0.6 is 12.0 Å². The third-order valence-corrected chi connectivity index (χ3v) is 5.27. The van der Waals surface area contributed by atoms with Gasteiger partial charge < -0.3 is 23.1 Å². The second-order valence-corrected chi connectivity index (χ2v) is 7.31. The van der Waals surface area contributed by atoms with Gasteiger partial charge in [-0.2, -0.15) is 0 Å². The second kappa shape index (κ2) is 9.30. The van der Waals surface area contributed by atoms with Crippen LogP contribution in [0.25, 0.3) is 0 Å². The summed E-state index contributed by atoms with van der Waals surface area (Å²) in [4.78, 5) is 24.5. The topological polar surface area (TPSA) is 80.3 Å². The highest BCUT2D eigenvalue weighted by atomic mass is 32.2. The van der Waals surface area contributed by atoms with Gasteiger partial charge in [0.1, 0.15) is 12.4 Å². The molecule has 2 aromatic rings. The molecule has 0 amide bonds. The maximum Gasteiger partial charge on any atom is 0.407 e. The fourth-order valence-electron chi connectivity index (χ4n) is 3.34. The maximum absolute atomic E-state index is 12.3. The van der Waals surface area contributed by atoms with Crippen molar-refractivity contribution < 1.29 is 32.7 Å². The molecule has 2 bridgehead atoms. The van der Waals surface area contributed by atoms with Gasteiger partial charge >= 0.3 is 11.3 Å². The van der Waals surface area contributed by atoms with Crippen molar-refractivity contribution in [2.45, 2.75) is 24.9 Å². The smallest absolute Gasteiger partial charge is 0.407 e. The lowest BCUT2D eigenvalue weighted by Crippen LogP contribution is -2.35. The first-order valence-electron chi connectivity index (χ1n) is 9.30. The Morgan fingerprint density at radius 2 is 1.76 bits per heavy atom. The first-order valence-corrected chi connectivity index (χ1v) is 10.0. The molecule has 4 rings (SSSR count). The molecule has 0 N–H and O–H groups in total. The monoisotopic (exact) mass is 416 g/mol. The van der Waals surface area contributed by atoms with Crippen LogP contribution in [-0.2, 0) is 18.9 Å². The second-order valence-electron chi connectivity index (χ2n) is 6.64. The van der Waals surface area contributed by atoms with Gasteiger partial charge in [-0.3, -0.25) is 0 Å². The number of fused-ring (bicyclic) bond motifs is 2. The Labute approximate surface area is 172 Å². The zero-order valence-electron chi connectivity index (χ0n) is 15.5. The van der Waals surface area contributed by atoms with Crippen molar-refractivity contribution in [2.24, 2.45) is 5.92 Å². The standard InChI is InChI=1S/C21H20O7S/c22-19(14-7-3-1-4-8-14)25-13-16-17-11-12-24-20(26-17)18(16)27-21(23)29-28-15-9-5-2-6-10-15/h1-10,16-18,20H,11-13H2. The van der Waals surface area contributed by atoms with Gasteiger partial charge in [0.25, 0.3) is 0 Å². The lowest BCUT2D eigenvalue weighted by atomic mass is 9.98. The first-order chi connectivity index (χ1) is 14.2. The van der Waals surface area contributed by atoms with E-state index < -0.39 is 23.7 Å². The molecule has 29 heavy (non-hydrogen) atoms. The molecule has 7 nitrogen and oxygen atoms in total. The molecule has 2 saturated heterocycles. The molecule has 0 aliphatic carbocycles. The molecular weight excluding hydrogens is 396 g/mol. The van der Waals surface area contributed by atoms with Crippen LogP contribution in [0.15, 0.2) is 60.7 Å². The van der Waals surface area contributed by atoms with E-state index >= 15 is 0 Å². The summed E-state index contributed by atoms with van der Waals surface area (Å²) in [5.74, 6) is -0.197. The SMILES string of the molecule is O=C(OC1C2OCCC(O2)C1COC(=O)c1ccccc1)SOc1ccccc1. The number of carbonyl (C=O) groups is 2. The Morgan fingerprint density at radius 1 is 1.03 bits per heavy atom. The summed E-state index contributed by atoms with van der Waals surface area (Å²) in [5, 5.41) is -0.613. The highest BCUT2D eigenvalue weighted by Crippen LogP contribution is 2.37. The zero-order valence-corrected chi connectivity index (χ0v) is 16.3. The highest BCUT2D eigenvalue weighted by molar-refractivity contribution is 8.09. The van der Waals surface area contributed by atoms with E-state index in [0.717, 1.165) is 0 Å². The number of hydrogen-bond acceptors (Lipinski definition) is 8. The van der Waals surface area contributed by atoms with Crippen molar-refractivity contribution in [1.82, 2.24) is 0 Å². The van der Waals surface area contributed by atoms with Gasteiger partial charge in [-0.1, -0.05) is 36.4 Å². The van der Waals surface area contributed by atoms with Crippen molar-refractivity contribution in [2.75, 3.05) is 13.2 Å². The van der Waals surface area contributed by atoms with E-state index in [4.69, 9.17) is 23.1 Å². The lowest BCUT2D eigenvalue weighted by Gasteiger charge is -2.21. The number of para-hydroxylation sites is 1. The van der Waals surface area contributed by atoms with Gasteiger partial charge in [0, 0.05) is 0 Å². The summed E-state index contributed by atoms with van der Waals surface area (Å²) in [6.45, 7) is 0.570. The Morgan fingerprint density at radius 3 is 2.52 bits per heavy atom. The van der Waals surface area contributed by atoms with Crippen molar-refractivity contribution in [3.05, 3.63) is 66.2 Å². The molecule has 0 aromatic heterocycles. The fourth-order valence-corrected chi connectivity index (χ4v) is 3.77. The van der Waals surface area contributed by atoms with E-state index in [1.807, 2.05) is 12.1 Å². The van der Waals surface area contributed by atoms with Gasteiger partial charge in [-0.15, -0.1) is 0 Å². The van der Waals surface area contributed by atoms with Gasteiger partial charge in [0.05, 0.1) is 24.2 Å². The minimum Gasteiger partial charge on any atom is -0.462 e. The minimum absolute atomic E-state index is 0.0699. The number of benzene rings is 2. The quantitative estimate of drug-likeness (QED) is 0.519. The third kappa shape index (κ3) is 4.90. The van der Waals surface area contributed by atoms with E-state index in [1.54, 1.807) is 48.5 Å². The number of carbonyl (C=O) groups excluding carboxylic acids is 2. The zero-order chi connectivity index (χ0) is 20.1. The fraction of sp³-hybridized carbons (Fsp3) is 0.333. The van der Waals surface area contributed by atoms with Crippen molar-refractivity contribution in [1.29, 1.82) is 0 Å². The molecular formula is C21H20O7S. The summed E-state index contributed by atoms with van der Waals surface area (Å²) in [7, 11) is 0. The lowest BCUT2D eigenvalue weighted by molar-refractivity contribution is -0.196. The minimum atomic E-state index is -0.676. The van der Waals surface area contributed by atoms with E-state index in [2.05, 4.69) is 0 Å². The number of hydrogen-bond donors (Lipinski definition) is 0. The Kier molecular flexibility index (Phi) is 6.33. The predicted molar refractivity (Wildman–Crippen MR) is 104 cm³/mol. The molecule has 0 saturated carbocycles. The largest absolute Gasteiger partial charge is 0.462 e. The summed E-state index contributed by atoms with van der Waals surface area (Å²) < 4.78 is 27.7. The van der Waals surface area contributed by atoms with Crippen LogP contribution in [0.5, 0.6) is 5.75 Å². The molecule has 2 aromatic carbocycles. The molecule has 0 radical (unpaired) electrons. The van der Waals surface area contributed by atoms with E-state index in [1.165, 1.54) is 0 Å². The molecule has 4 unspecified atom stereocenters. The van der Waals surface area contributed by atoms with Gasteiger partial charge in [0.2, 0.25) is 0 Å². The van der Waals surface area contributed by atoms with Crippen LogP contribution in [0.1, 0.15) is 16.8 Å². The van der Waals surface area contributed by atoms with Gasteiger partial charge in [-0.25, -0.2) is 9.59 Å².